The minimum atomic E-state index is -1.84. The molecule has 6 amide bonds. The number of hydrogen-bond donors (Lipinski definition) is 0. The Morgan fingerprint density at radius 3 is 1.16 bits per heavy atom. The van der Waals surface area contributed by atoms with Gasteiger partial charge in [-0.3, -0.25) is 33.7 Å². The number of imide groups is 1. The molecule has 0 aromatic heterocycles. The maximum absolute atomic E-state index is 15.2. The predicted molar refractivity (Wildman–Crippen MR) is 246 cm³/mol. The monoisotopic (exact) mass is 863 g/mol. The summed E-state index contributed by atoms with van der Waals surface area (Å²) in [6.45, 7) is 11.6. The van der Waals surface area contributed by atoms with E-state index < -0.39 is 62.3 Å². The molecule has 1 aliphatic rings. The highest BCUT2D eigenvalue weighted by Crippen LogP contribution is 2.25. The van der Waals surface area contributed by atoms with Gasteiger partial charge in [0.15, 0.2) is 0 Å². The minimum absolute atomic E-state index is 0.00272. The summed E-state index contributed by atoms with van der Waals surface area (Å²) in [6, 6.07) is 41.0. The summed E-state index contributed by atoms with van der Waals surface area (Å²) in [4.78, 5) is 93.6. The second-order valence-corrected chi connectivity index (χ2v) is 22.9. The fourth-order valence-corrected chi connectivity index (χ4v) is 9.35. The van der Waals surface area contributed by atoms with E-state index in [0.29, 0.717) is 12.7 Å². The third-order valence-electron chi connectivity index (χ3n) is 11.3. The Morgan fingerprint density at radius 1 is 0.460 bits per heavy atom. The predicted octanol–water partition coefficient (Wildman–Crippen LogP) is 7.44. The Bertz CT molecular complexity index is 2360. The molecule has 1 heterocycles. The van der Waals surface area contributed by atoms with Gasteiger partial charge in [-0.15, -0.1) is 0 Å². The van der Waals surface area contributed by atoms with E-state index in [4.69, 9.17) is 0 Å². The van der Waals surface area contributed by atoms with E-state index in [9.17, 15) is 19.2 Å². The first-order valence-corrected chi connectivity index (χ1v) is 25.1. The van der Waals surface area contributed by atoms with Crippen molar-refractivity contribution in [1.82, 2.24) is 24.5 Å². The molecule has 5 aromatic carbocycles. The van der Waals surface area contributed by atoms with Crippen LogP contribution in [-0.4, -0.2) is 98.9 Å². The molecule has 1 aliphatic heterocycles. The smallest absolute Gasteiger partial charge is 0.262 e. The van der Waals surface area contributed by atoms with Crippen molar-refractivity contribution in [1.29, 1.82) is 0 Å². The van der Waals surface area contributed by atoms with Crippen LogP contribution in [-0.2, 0) is 45.4 Å². The Balaban J connectivity index is 1.34. The van der Waals surface area contributed by atoms with Crippen LogP contribution < -0.4 is 0 Å². The lowest BCUT2D eigenvalue weighted by Crippen LogP contribution is -2.58. The molecule has 0 radical (unpaired) electrons. The van der Waals surface area contributed by atoms with Crippen LogP contribution in [0.25, 0.3) is 0 Å². The molecule has 11 nitrogen and oxygen atoms in total. The van der Waals surface area contributed by atoms with Crippen molar-refractivity contribution in [3.05, 3.63) is 179 Å². The van der Waals surface area contributed by atoms with Gasteiger partial charge < -0.3 is 19.6 Å². The Labute approximate surface area is 371 Å². The average molecular weight is 864 g/mol. The molecular formula is C51H57N5O6Si. The van der Waals surface area contributed by atoms with Crippen LogP contribution in [0.2, 0.25) is 19.6 Å². The highest BCUT2D eigenvalue weighted by molar-refractivity contribution is 6.76. The molecular weight excluding hydrogens is 807 g/mol. The summed E-state index contributed by atoms with van der Waals surface area (Å²) >= 11 is 0. The number of rotatable bonds is 18. The highest BCUT2D eigenvalue weighted by Gasteiger charge is 2.41. The zero-order valence-corrected chi connectivity index (χ0v) is 38.0. The van der Waals surface area contributed by atoms with E-state index in [1.54, 1.807) is 49.9 Å². The zero-order valence-electron chi connectivity index (χ0n) is 37.0. The Hall–Kier alpha value is -6.66. The van der Waals surface area contributed by atoms with Gasteiger partial charge in [-0.2, -0.15) is 0 Å². The first-order chi connectivity index (χ1) is 30.1. The minimum Gasteiger partial charge on any atom is -0.340 e. The molecule has 0 aliphatic carbocycles. The van der Waals surface area contributed by atoms with Crippen molar-refractivity contribution in [2.24, 2.45) is 0 Å². The SMILES string of the molecule is C[C@@H](C(=O)N(Cc1ccccc1)[C@@H](C)C(=O)N(Cc1ccccc1)[C@@H](C)C(=O)N(Cc1ccccc1)C[Si](C)(C)C)N(Cc1ccccc1)C(=O)CN1C(=O)c2ccccc2C1=O. The lowest BCUT2D eigenvalue weighted by atomic mass is 10.1. The summed E-state index contributed by atoms with van der Waals surface area (Å²) in [5.41, 5.74) is 3.72. The largest absolute Gasteiger partial charge is 0.340 e. The second kappa shape index (κ2) is 20.5. The van der Waals surface area contributed by atoms with E-state index in [-0.39, 0.29) is 36.7 Å². The number of benzene rings is 5. The van der Waals surface area contributed by atoms with E-state index >= 15 is 9.59 Å². The van der Waals surface area contributed by atoms with Gasteiger partial charge in [0.2, 0.25) is 23.6 Å². The van der Waals surface area contributed by atoms with E-state index in [1.165, 1.54) is 9.80 Å². The number of amides is 6. The quantitative estimate of drug-likeness (QED) is 0.0668. The van der Waals surface area contributed by atoms with Crippen LogP contribution in [0.5, 0.6) is 0 Å². The fourth-order valence-electron chi connectivity index (χ4n) is 7.93. The van der Waals surface area contributed by atoms with Crippen molar-refractivity contribution >= 4 is 43.5 Å². The van der Waals surface area contributed by atoms with Gasteiger partial charge in [0.05, 0.1) is 19.2 Å². The van der Waals surface area contributed by atoms with Crippen LogP contribution in [0.3, 0.4) is 0 Å². The maximum Gasteiger partial charge on any atom is 0.262 e. The van der Waals surface area contributed by atoms with Gasteiger partial charge in [0, 0.05) is 32.3 Å². The van der Waals surface area contributed by atoms with Crippen molar-refractivity contribution in [2.45, 2.75) is 84.7 Å². The molecule has 63 heavy (non-hydrogen) atoms. The van der Waals surface area contributed by atoms with Crippen molar-refractivity contribution < 1.29 is 28.8 Å². The van der Waals surface area contributed by atoms with Gasteiger partial charge in [-0.25, -0.2) is 0 Å². The summed E-state index contributed by atoms with van der Waals surface area (Å²) in [5.74, 6) is -2.92. The summed E-state index contributed by atoms with van der Waals surface area (Å²) in [6.07, 6.45) is 0.579. The number of hydrogen-bond acceptors (Lipinski definition) is 6. The molecule has 0 spiro atoms. The molecule has 0 saturated carbocycles. The molecule has 326 valence electrons. The Kier molecular flexibility index (Phi) is 14.9. The van der Waals surface area contributed by atoms with Crippen LogP contribution in [0.1, 0.15) is 63.7 Å². The van der Waals surface area contributed by atoms with Crippen LogP contribution in [0, 0.1) is 0 Å². The normalized spacial score (nSPS) is 13.7. The van der Waals surface area contributed by atoms with Crippen LogP contribution in [0.4, 0.5) is 0 Å². The van der Waals surface area contributed by atoms with Crippen molar-refractivity contribution in [2.75, 3.05) is 12.7 Å². The van der Waals surface area contributed by atoms with Crippen LogP contribution in [0.15, 0.2) is 146 Å². The average Bonchev–Trinajstić information content (AvgIpc) is 3.53. The number of fused-ring (bicyclic) bond motifs is 1. The zero-order chi connectivity index (χ0) is 45.3. The summed E-state index contributed by atoms with van der Waals surface area (Å²) in [7, 11) is -1.84. The molecule has 0 saturated heterocycles. The van der Waals surface area contributed by atoms with E-state index in [0.717, 1.165) is 27.2 Å². The van der Waals surface area contributed by atoms with Gasteiger partial charge in [0.25, 0.3) is 11.8 Å². The highest BCUT2D eigenvalue weighted by atomic mass is 28.3. The first-order valence-electron chi connectivity index (χ1n) is 21.4. The standard InChI is InChI=1S/C51H57N5O6Si/c1-37(47(58)52(36-63(4,5)6)31-40-21-11-7-12-22-40)54(33-42-25-15-9-16-26-42)49(60)39(3)55(34-43-27-17-10-18-28-43)48(59)38(2)53(32-41-23-13-8-14-24-41)46(57)35-56-50(61)44-29-19-20-30-45(44)51(56)62/h7-30,37-39H,31-36H2,1-6H3/t37-,38-,39-/m0/s1. The number of carbonyl (C=O) groups excluding carboxylic acids is 6. The Morgan fingerprint density at radius 2 is 0.778 bits per heavy atom. The number of carbonyl (C=O) groups is 6. The molecule has 0 unspecified atom stereocenters. The van der Waals surface area contributed by atoms with Crippen LogP contribution >= 0.6 is 0 Å². The van der Waals surface area contributed by atoms with E-state index in [2.05, 4.69) is 19.6 Å². The van der Waals surface area contributed by atoms with Crippen molar-refractivity contribution in [3.63, 3.8) is 0 Å². The van der Waals surface area contributed by atoms with Gasteiger partial charge in [0.1, 0.15) is 24.7 Å². The summed E-state index contributed by atoms with van der Waals surface area (Å²) < 4.78 is 0. The van der Waals surface area contributed by atoms with Gasteiger partial charge >= 0.3 is 0 Å². The van der Waals surface area contributed by atoms with Gasteiger partial charge in [-0.05, 0) is 55.2 Å². The van der Waals surface area contributed by atoms with Gasteiger partial charge in [-0.1, -0.05) is 153 Å². The maximum atomic E-state index is 15.2. The second-order valence-electron chi connectivity index (χ2n) is 17.4. The molecule has 0 bridgehead atoms. The lowest BCUT2D eigenvalue weighted by molar-refractivity contribution is -0.155. The third-order valence-corrected chi connectivity index (χ3v) is 12.6. The van der Waals surface area contributed by atoms with E-state index in [1.807, 2.05) is 126 Å². The first kappa shape index (κ1) is 45.9. The molecule has 5 aromatic rings. The molecule has 3 atom stereocenters. The molecule has 0 fully saturated rings. The molecule has 6 rings (SSSR count). The summed E-state index contributed by atoms with van der Waals surface area (Å²) in [5, 5.41) is 0. The number of nitrogens with zero attached hydrogens (tertiary/aromatic N) is 5. The topological polar surface area (TPSA) is 119 Å². The fraction of sp³-hybridized carbons (Fsp3) is 0.294. The molecule has 12 heteroatoms. The third kappa shape index (κ3) is 11.4. The van der Waals surface area contributed by atoms with Crippen molar-refractivity contribution in [3.8, 4) is 0 Å². The lowest BCUT2D eigenvalue weighted by Gasteiger charge is -2.40. The molecule has 0 N–H and O–H groups in total.